The third kappa shape index (κ3) is 3.59. The second kappa shape index (κ2) is 7.67. The highest BCUT2D eigenvalue weighted by Gasteiger charge is 2.12. The molecule has 1 nitrogen and oxygen atoms in total. The summed E-state index contributed by atoms with van der Waals surface area (Å²) in [5, 5.41) is 3.37. The third-order valence-electron chi connectivity index (χ3n) is 5.31. The number of hydrogen-bond donors (Lipinski definition) is 1. The number of benzene rings is 3. The lowest BCUT2D eigenvalue weighted by Crippen LogP contribution is -1.96. The molecule has 0 bridgehead atoms. The number of rotatable bonds is 4. The fourth-order valence-corrected chi connectivity index (χ4v) is 3.75. The van der Waals surface area contributed by atoms with E-state index in [0.717, 1.165) is 18.5 Å². The normalized spacial score (nSPS) is 13.3. The van der Waals surface area contributed by atoms with Crippen molar-refractivity contribution in [1.82, 2.24) is 0 Å². The maximum atomic E-state index is 3.37. The van der Waals surface area contributed by atoms with Crippen LogP contribution in [0.5, 0.6) is 0 Å². The second-order valence-corrected chi connectivity index (χ2v) is 7.06. The van der Waals surface area contributed by atoms with Crippen LogP contribution in [0, 0.1) is 6.92 Å². The van der Waals surface area contributed by atoms with Gasteiger partial charge in [0.2, 0.25) is 0 Å². The summed E-state index contributed by atoms with van der Waals surface area (Å²) in [7, 11) is 1.99. The summed E-state index contributed by atoms with van der Waals surface area (Å²) >= 11 is 0. The molecular weight excluding hydrogens is 326 g/mol. The fourth-order valence-electron chi connectivity index (χ4n) is 3.75. The number of hydrogen-bond acceptors (Lipinski definition) is 1. The minimum atomic E-state index is 1.11. The van der Waals surface area contributed by atoms with E-state index in [4.69, 9.17) is 0 Å². The van der Waals surface area contributed by atoms with Gasteiger partial charge in [-0.15, -0.1) is 0 Å². The van der Waals surface area contributed by atoms with Crippen LogP contribution in [0.1, 0.15) is 24.0 Å². The number of anilines is 1. The lowest BCUT2D eigenvalue weighted by molar-refractivity contribution is 1.05. The van der Waals surface area contributed by atoms with E-state index < -0.39 is 0 Å². The van der Waals surface area contributed by atoms with Crippen LogP contribution in [0.25, 0.3) is 27.8 Å². The SMILES string of the molecule is CNc1ccc(-c2ccccc2)cc1-c1cc(C2=CC=CCC2)ccc1C. The molecule has 1 aliphatic carbocycles. The van der Waals surface area contributed by atoms with E-state index in [-0.39, 0.29) is 0 Å². The molecule has 0 aliphatic heterocycles. The van der Waals surface area contributed by atoms with Crippen molar-refractivity contribution in [3.63, 3.8) is 0 Å². The van der Waals surface area contributed by atoms with E-state index in [1.807, 2.05) is 7.05 Å². The van der Waals surface area contributed by atoms with Crippen molar-refractivity contribution >= 4 is 11.3 Å². The van der Waals surface area contributed by atoms with E-state index in [1.54, 1.807) is 0 Å². The molecule has 0 aromatic heterocycles. The van der Waals surface area contributed by atoms with Crippen molar-refractivity contribution in [2.75, 3.05) is 12.4 Å². The summed E-state index contributed by atoms with van der Waals surface area (Å²) in [5.41, 5.74) is 10.2. The standard InChI is InChI=1S/C26H25N/c1-19-13-14-22(20-9-5-3-6-10-20)17-24(19)25-18-23(15-16-26(25)27-2)21-11-7-4-8-12-21/h3-5,7-9,11-18,27H,6,10H2,1-2H3. The van der Waals surface area contributed by atoms with E-state index in [9.17, 15) is 0 Å². The van der Waals surface area contributed by atoms with Crippen LogP contribution >= 0.6 is 0 Å². The number of aryl methyl sites for hydroxylation is 1. The van der Waals surface area contributed by atoms with Crippen LogP contribution < -0.4 is 5.32 Å². The maximum Gasteiger partial charge on any atom is 0.0417 e. The molecule has 134 valence electrons. The molecule has 27 heavy (non-hydrogen) atoms. The Morgan fingerprint density at radius 2 is 1.56 bits per heavy atom. The van der Waals surface area contributed by atoms with Crippen LogP contribution in [-0.2, 0) is 0 Å². The number of nitrogens with one attached hydrogen (secondary N) is 1. The summed E-state index contributed by atoms with van der Waals surface area (Å²) in [6, 6.07) is 24.1. The van der Waals surface area contributed by atoms with Crippen LogP contribution in [-0.4, -0.2) is 7.05 Å². The molecule has 0 heterocycles. The summed E-state index contributed by atoms with van der Waals surface area (Å²) in [5.74, 6) is 0. The summed E-state index contributed by atoms with van der Waals surface area (Å²) in [6.45, 7) is 2.20. The molecular formula is C26H25N. The van der Waals surface area contributed by atoms with Crippen molar-refractivity contribution in [3.8, 4) is 22.3 Å². The summed E-state index contributed by atoms with van der Waals surface area (Å²) < 4.78 is 0. The summed E-state index contributed by atoms with van der Waals surface area (Å²) in [6.07, 6.45) is 8.90. The Kier molecular flexibility index (Phi) is 4.93. The molecule has 1 N–H and O–H groups in total. The fraction of sp³-hybridized carbons (Fsp3) is 0.154. The second-order valence-electron chi connectivity index (χ2n) is 7.06. The average molecular weight is 351 g/mol. The van der Waals surface area contributed by atoms with Gasteiger partial charge in [-0.3, -0.25) is 0 Å². The van der Waals surface area contributed by atoms with E-state index >= 15 is 0 Å². The average Bonchev–Trinajstić information content (AvgIpc) is 2.75. The molecule has 4 rings (SSSR count). The minimum Gasteiger partial charge on any atom is -0.388 e. The molecule has 0 spiro atoms. The van der Waals surface area contributed by atoms with Gasteiger partial charge < -0.3 is 5.32 Å². The maximum absolute atomic E-state index is 3.37. The Balaban J connectivity index is 1.84. The van der Waals surface area contributed by atoms with E-state index in [2.05, 4.69) is 97.2 Å². The lowest BCUT2D eigenvalue weighted by atomic mass is 9.90. The Labute approximate surface area is 162 Å². The molecule has 0 saturated carbocycles. The monoisotopic (exact) mass is 351 g/mol. The van der Waals surface area contributed by atoms with Gasteiger partial charge in [0, 0.05) is 18.3 Å². The van der Waals surface area contributed by atoms with Crippen molar-refractivity contribution in [2.24, 2.45) is 0 Å². The minimum absolute atomic E-state index is 1.11. The van der Waals surface area contributed by atoms with Gasteiger partial charge in [0.25, 0.3) is 0 Å². The Morgan fingerprint density at radius 3 is 2.30 bits per heavy atom. The highest BCUT2D eigenvalue weighted by atomic mass is 14.8. The molecule has 0 fully saturated rings. The van der Waals surface area contributed by atoms with Crippen LogP contribution in [0.15, 0.2) is 85.0 Å². The van der Waals surface area contributed by atoms with Crippen molar-refractivity contribution in [2.45, 2.75) is 19.8 Å². The van der Waals surface area contributed by atoms with Crippen LogP contribution in [0.2, 0.25) is 0 Å². The quantitative estimate of drug-likeness (QED) is 0.528. The third-order valence-corrected chi connectivity index (χ3v) is 5.31. The van der Waals surface area contributed by atoms with Crippen molar-refractivity contribution in [1.29, 1.82) is 0 Å². The highest BCUT2D eigenvalue weighted by Crippen LogP contribution is 2.36. The molecule has 3 aromatic rings. The van der Waals surface area contributed by atoms with E-state index in [0.29, 0.717) is 0 Å². The molecule has 1 heteroatoms. The first-order chi connectivity index (χ1) is 13.3. The molecule has 0 amide bonds. The lowest BCUT2D eigenvalue weighted by Gasteiger charge is -2.17. The van der Waals surface area contributed by atoms with Crippen LogP contribution in [0.3, 0.4) is 0 Å². The molecule has 0 saturated heterocycles. The molecule has 3 aromatic carbocycles. The Morgan fingerprint density at radius 1 is 0.778 bits per heavy atom. The highest BCUT2D eigenvalue weighted by molar-refractivity contribution is 5.86. The zero-order chi connectivity index (χ0) is 18.6. The molecule has 0 radical (unpaired) electrons. The van der Waals surface area contributed by atoms with Gasteiger partial charge in [0.1, 0.15) is 0 Å². The van der Waals surface area contributed by atoms with Crippen molar-refractivity contribution in [3.05, 3.63) is 96.1 Å². The topological polar surface area (TPSA) is 12.0 Å². The first-order valence-electron chi connectivity index (χ1n) is 9.60. The summed E-state index contributed by atoms with van der Waals surface area (Å²) in [4.78, 5) is 0. The van der Waals surface area contributed by atoms with Gasteiger partial charge in [0.15, 0.2) is 0 Å². The first-order valence-corrected chi connectivity index (χ1v) is 9.60. The zero-order valence-corrected chi connectivity index (χ0v) is 16.0. The predicted molar refractivity (Wildman–Crippen MR) is 118 cm³/mol. The van der Waals surface area contributed by atoms with Gasteiger partial charge in [-0.2, -0.15) is 0 Å². The molecule has 0 unspecified atom stereocenters. The Bertz CT molecular complexity index is 1010. The predicted octanol–water partition coefficient (Wildman–Crippen LogP) is 7.10. The molecule has 0 atom stereocenters. The van der Waals surface area contributed by atoms with Gasteiger partial charge in [0.05, 0.1) is 0 Å². The first kappa shape index (κ1) is 17.4. The largest absolute Gasteiger partial charge is 0.388 e. The van der Waals surface area contributed by atoms with Crippen LogP contribution in [0.4, 0.5) is 5.69 Å². The van der Waals surface area contributed by atoms with Crippen molar-refractivity contribution < 1.29 is 0 Å². The zero-order valence-electron chi connectivity index (χ0n) is 16.0. The number of allylic oxidation sites excluding steroid dienone is 4. The van der Waals surface area contributed by atoms with Gasteiger partial charge >= 0.3 is 0 Å². The molecule has 1 aliphatic rings. The smallest absolute Gasteiger partial charge is 0.0417 e. The van der Waals surface area contributed by atoms with Gasteiger partial charge in [-0.25, -0.2) is 0 Å². The van der Waals surface area contributed by atoms with E-state index in [1.165, 1.54) is 39.0 Å². The van der Waals surface area contributed by atoms with Gasteiger partial charge in [-0.1, -0.05) is 66.8 Å². The van der Waals surface area contributed by atoms with Gasteiger partial charge in [-0.05, 0) is 71.4 Å². The Hall–Kier alpha value is -3.06.